The monoisotopic (exact) mass is 452 g/mol. The van der Waals surface area contributed by atoms with Gasteiger partial charge in [0.05, 0.1) is 11.6 Å². The minimum atomic E-state index is -1.30. The molecule has 11 heteroatoms. The van der Waals surface area contributed by atoms with Gasteiger partial charge in [-0.2, -0.15) is 4.98 Å². The molecule has 1 fully saturated rings. The van der Waals surface area contributed by atoms with Gasteiger partial charge in [-0.15, -0.1) is 0 Å². The van der Waals surface area contributed by atoms with E-state index in [0.29, 0.717) is 17.3 Å². The Hall–Kier alpha value is -2.72. The average molecular weight is 453 g/mol. The highest BCUT2D eigenvalue weighted by Crippen LogP contribution is 2.40. The number of anilines is 3. The van der Waals surface area contributed by atoms with Gasteiger partial charge in [0, 0.05) is 30.4 Å². The number of aromatic nitrogens is 2. The second-order valence-electron chi connectivity index (χ2n) is 7.76. The lowest BCUT2D eigenvalue weighted by atomic mass is 9.92. The molecule has 0 atom stereocenters. The summed E-state index contributed by atoms with van der Waals surface area (Å²) in [5.41, 5.74) is 6.13. The van der Waals surface area contributed by atoms with Crippen LogP contribution in [0.3, 0.4) is 0 Å². The van der Waals surface area contributed by atoms with E-state index in [-0.39, 0.29) is 30.2 Å². The molecule has 1 aliphatic carbocycles. The molecule has 0 bridgehead atoms. The molecule has 4 N–H and O–H groups in total. The quantitative estimate of drug-likeness (QED) is 0.652. The van der Waals surface area contributed by atoms with E-state index in [1.807, 2.05) is 0 Å². The van der Waals surface area contributed by atoms with E-state index in [1.54, 1.807) is 13.1 Å². The van der Waals surface area contributed by atoms with Crippen LogP contribution in [0.4, 0.5) is 31.0 Å². The summed E-state index contributed by atoms with van der Waals surface area (Å²) < 4.78 is 28.2. The van der Waals surface area contributed by atoms with Gasteiger partial charge in [-0.25, -0.2) is 18.6 Å². The largest absolute Gasteiger partial charge is 0.503 e. The van der Waals surface area contributed by atoms with Crippen molar-refractivity contribution in [3.8, 4) is 5.75 Å². The van der Waals surface area contributed by atoms with E-state index in [4.69, 9.17) is 17.3 Å². The third kappa shape index (κ3) is 3.97. The standard InChI is InChI=1S/C20H23ClF2N6O2/c1-2-28-18-10(8-25-19(27-18)26-12-5-3-11(24)4-6-12)9-29(20(28)31)16-13(21)7-14(22)17(30)15(16)23/h7-8,11-12,30H,2-6,9,24H2,1H3,(H,25,26,27). The van der Waals surface area contributed by atoms with Gasteiger partial charge in [-0.05, 0) is 38.7 Å². The highest BCUT2D eigenvalue weighted by molar-refractivity contribution is 6.34. The predicted octanol–water partition coefficient (Wildman–Crippen LogP) is 3.76. The smallest absolute Gasteiger partial charge is 0.330 e. The zero-order chi connectivity index (χ0) is 22.3. The zero-order valence-electron chi connectivity index (χ0n) is 16.9. The summed E-state index contributed by atoms with van der Waals surface area (Å²) in [6, 6.07) is 0.613. The van der Waals surface area contributed by atoms with Crippen LogP contribution in [-0.2, 0) is 6.54 Å². The van der Waals surface area contributed by atoms with Crippen LogP contribution in [0.15, 0.2) is 12.3 Å². The number of carbonyl (C=O) groups is 1. The lowest BCUT2D eigenvalue weighted by Crippen LogP contribution is -2.48. The summed E-state index contributed by atoms with van der Waals surface area (Å²) in [6.45, 7) is 1.93. The predicted molar refractivity (Wildman–Crippen MR) is 114 cm³/mol. The van der Waals surface area contributed by atoms with Crippen LogP contribution in [0.1, 0.15) is 38.2 Å². The average Bonchev–Trinajstić information content (AvgIpc) is 2.74. The molecular formula is C20H23ClF2N6O2. The number of halogens is 3. The number of hydrogen-bond acceptors (Lipinski definition) is 6. The number of amides is 2. The molecule has 1 aromatic carbocycles. The minimum absolute atomic E-state index is 0.0784. The van der Waals surface area contributed by atoms with Crippen LogP contribution in [-0.4, -0.2) is 39.7 Å². The topological polar surface area (TPSA) is 108 Å². The molecule has 1 aromatic heterocycles. The fourth-order valence-corrected chi connectivity index (χ4v) is 4.29. The Morgan fingerprint density at radius 1 is 1.32 bits per heavy atom. The summed E-state index contributed by atoms with van der Waals surface area (Å²) >= 11 is 6.01. The van der Waals surface area contributed by atoms with Gasteiger partial charge in [-0.3, -0.25) is 9.80 Å². The van der Waals surface area contributed by atoms with E-state index in [2.05, 4.69) is 15.3 Å². The maximum atomic E-state index is 14.6. The summed E-state index contributed by atoms with van der Waals surface area (Å²) in [4.78, 5) is 24.4. The molecule has 2 amide bonds. The maximum absolute atomic E-state index is 14.6. The van der Waals surface area contributed by atoms with Crippen molar-refractivity contribution in [1.29, 1.82) is 0 Å². The Bertz CT molecular complexity index is 1020. The first-order valence-electron chi connectivity index (χ1n) is 10.1. The van der Waals surface area contributed by atoms with Crippen LogP contribution in [0.2, 0.25) is 5.02 Å². The van der Waals surface area contributed by atoms with Crippen LogP contribution in [0.25, 0.3) is 0 Å². The minimum Gasteiger partial charge on any atom is -0.503 e. The van der Waals surface area contributed by atoms with Gasteiger partial charge >= 0.3 is 6.03 Å². The fraction of sp³-hybridized carbons (Fsp3) is 0.450. The van der Waals surface area contributed by atoms with Crippen LogP contribution < -0.4 is 20.9 Å². The number of urea groups is 1. The Labute approximate surface area is 183 Å². The zero-order valence-corrected chi connectivity index (χ0v) is 17.7. The molecule has 2 heterocycles. The first-order valence-corrected chi connectivity index (χ1v) is 10.5. The molecule has 8 nitrogen and oxygen atoms in total. The van der Waals surface area contributed by atoms with Crippen LogP contribution in [0, 0.1) is 11.6 Å². The van der Waals surface area contributed by atoms with Crippen molar-refractivity contribution in [3.05, 3.63) is 34.5 Å². The molecule has 1 aliphatic heterocycles. The number of aromatic hydroxyl groups is 1. The number of phenolic OH excluding ortho intramolecular Hbond substituents is 1. The molecule has 4 rings (SSSR count). The molecule has 0 unspecified atom stereocenters. The molecule has 0 spiro atoms. The van der Waals surface area contributed by atoms with Gasteiger partial charge in [-0.1, -0.05) is 11.6 Å². The summed E-state index contributed by atoms with van der Waals surface area (Å²) in [5.74, 6) is -2.87. The first-order chi connectivity index (χ1) is 14.8. The number of phenols is 1. The number of rotatable bonds is 4. The summed E-state index contributed by atoms with van der Waals surface area (Å²) in [5, 5.41) is 12.6. The molecule has 0 radical (unpaired) electrons. The van der Waals surface area contributed by atoms with Gasteiger partial charge < -0.3 is 16.2 Å². The fourth-order valence-electron chi connectivity index (χ4n) is 4.01. The number of benzene rings is 1. The Morgan fingerprint density at radius 3 is 2.71 bits per heavy atom. The summed E-state index contributed by atoms with van der Waals surface area (Å²) in [6.07, 6.45) is 5.24. The Kier molecular flexibility index (Phi) is 5.85. The summed E-state index contributed by atoms with van der Waals surface area (Å²) in [7, 11) is 0. The SMILES string of the molecule is CCN1C(=O)N(c2c(Cl)cc(F)c(O)c2F)Cc2cnc(NC3CCC(N)CC3)nc21. The van der Waals surface area contributed by atoms with E-state index < -0.39 is 29.1 Å². The van der Waals surface area contributed by atoms with Crippen molar-refractivity contribution >= 4 is 35.1 Å². The van der Waals surface area contributed by atoms with Crippen molar-refractivity contribution in [2.24, 2.45) is 5.73 Å². The van der Waals surface area contributed by atoms with Crippen LogP contribution >= 0.6 is 11.6 Å². The Morgan fingerprint density at radius 2 is 2.03 bits per heavy atom. The number of hydrogen-bond donors (Lipinski definition) is 3. The molecule has 2 aliphatic rings. The molecule has 166 valence electrons. The van der Waals surface area contributed by atoms with Crippen molar-refractivity contribution in [2.75, 3.05) is 21.7 Å². The number of nitrogens with one attached hydrogen (secondary N) is 1. The van der Waals surface area contributed by atoms with E-state index >= 15 is 0 Å². The van der Waals surface area contributed by atoms with E-state index in [9.17, 15) is 18.7 Å². The normalized spacial score (nSPS) is 21.3. The Balaban J connectivity index is 1.65. The highest BCUT2D eigenvalue weighted by Gasteiger charge is 2.36. The lowest BCUT2D eigenvalue weighted by Gasteiger charge is -2.36. The van der Waals surface area contributed by atoms with Crippen molar-refractivity contribution in [3.63, 3.8) is 0 Å². The van der Waals surface area contributed by atoms with Crippen molar-refractivity contribution in [2.45, 2.75) is 51.2 Å². The van der Waals surface area contributed by atoms with Crippen molar-refractivity contribution < 1.29 is 18.7 Å². The highest BCUT2D eigenvalue weighted by atomic mass is 35.5. The van der Waals surface area contributed by atoms with Gasteiger partial charge in [0.15, 0.2) is 17.4 Å². The number of fused-ring (bicyclic) bond motifs is 1. The molecule has 1 saturated carbocycles. The van der Waals surface area contributed by atoms with Crippen LogP contribution in [0.5, 0.6) is 5.75 Å². The number of nitrogens with zero attached hydrogens (tertiary/aromatic N) is 4. The second-order valence-corrected chi connectivity index (χ2v) is 8.17. The molecule has 31 heavy (non-hydrogen) atoms. The third-order valence-electron chi connectivity index (χ3n) is 5.70. The third-order valence-corrected chi connectivity index (χ3v) is 5.99. The van der Waals surface area contributed by atoms with Crippen molar-refractivity contribution in [1.82, 2.24) is 9.97 Å². The molecule has 0 saturated heterocycles. The molecule has 2 aromatic rings. The van der Waals surface area contributed by atoms with Gasteiger partial charge in [0.1, 0.15) is 11.5 Å². The maximum Gasteiger partial charge on any atom is 0.330 e. The molecular weight excluding hydrogens is 430 g/mol. The number of carbonyl (C=O) groups excluding carboxylic acids is 1. The first kappa shape index (κ1) is 21.5. The van der Waals surface area contributed by atoms with E-state index in [1.165, 1.54) is 4.90 Å². The van der Waals surface area contributed by atoms with E-state index in [0.717, 1.165) is 36.6 Å². The lowest BCUT2D eigenvalue weighted by molar-refractivity contribution is 0.250. The van der Waals surface area contributed by atoms with Gasteiger partial charge in [0.25, 0.3) is 0 Å². The second kappa shape index (κ2) is 8.43. The van der Waals surface area contributed by atoms with Gasteiger partial charge in [0.2, 0.25) is 5.95 Å². The number of nitrogens with two attached hydrogens (primary N) is 1.